The van der Waals surface area contributed by atoms with Crippen LogP contribution in [0, 0.1) is 11.8 Å². The molecule has 1 amide bonds. The number of anilines is 2. The van der Waals surface area contributed by atoms with Gasteiger partial charge in [0.15, 0.2) is 5.82 Å². The Kier molecular flexibility index (Phi) is 7.50. The van der Waals surface area contributed by atoms with E-state index in [4.69, 9.17) is 9.47 Å². The lowest BCUT2D eigenvalue weighted by Crippen LogP contribution is -2.42. The zero-order chi connectivity index (χ0) is 29.4. The number of rotatable bonds is 5. The summed E-state index contributed by atoms with van der Waals surface area (Å²) in [5.74, 6) is 7.14. The van der Waals surface area contributed by atoms with Crippen LogP contribution in [-0.2, 0) is 19.5 Å². The molecule has 0 aliphatic carbocycles. The fourth-order valence-electron chi connectivity index (χ4n) is 5.08. The average molecular weight is 635 g/mol. The Balaban J connectivity index is 1.04. The van der Waals surface area contributed by atoms with Gasteiger partial charge in [0.2, 0.25) is 0 Å². The van der Waals surface area contributed by atoms with Crippen LogP contribution in [-0.4, -0.2) is 78.3 Å². The summed E-state index contributed by atoms with van der Waals surface area (Å²) in [7, 11) is -3.65. The highest BCUT2D eigenvalue weighted by molar-refractivity contribution is 7.92. The van der Waals surface area contributed by atoms with Gasteiger partial charge < -0.3 is 19.7 Å². The minimum Gasteiger partial charge on any atom is -0.445 e. The van der Waals surface area contributed by atoms with Gasteiger partial charge in [-0.25, -0.2) is 18.7 Å². The summed E-state index contributed by atoms with van der Waals surface area (Å²) in [5, 5.41) is 9.22. The van der Waals surface area contributed by atoms with Crippen LogP contribution in [0.2, 0.25) is 0 Å². The molecule has 14 heteroatoms. The van der Waals surface area contributed by atoms with Crippen molar-refractivity contribution in [1.29, 1.82) is 0 Å². The van der Waals surface area contributed by atoms with Crippen molar-refractivity contribution in [2.75, 3.05) is 38.2 Å². The van der Waals surface area contributed by atoms with Gasteiger partial charge in [0, 0.05) is 43.3 Å². The maximum absolute atomic E-state index is 13.1. The number of carbonyl (C=O) groups excluding carboxylic acids is 1. The second-order valence-corrected chi connectivity index (χ2v) is 14.1. The van der Waals surface area contributed by atoms with E-state index in [2.05, 4.69) is 32.4 Å². The minimum absolute atomic E-state index is 0.0842. The molecular formula is C29H26N6O5S3. The zero-order valence-electron chi connectivity index (χ0n) is 22.7. The van der Waals surface area contributed by atoms with Gasteiger partial charge in [0.25, 0.3) is 10.0 Å². The number of aromatic nitrogens is 3. The van der Waals surface area contributed by atoms with Crippen LogP contribution in [0.25, 0.3) is 21.1 Å². The van der Waals surface area contributed by atoms with Crippen LogP contribution >= 0.6 is 22.7 Å². The summed E-state index contributed by atoms with van der Waals surface area (Å²) in [5.41, 5.74) is 2.14. The predicted octanol–water partition coefficient (Wildman–Crippen LogP) is 4.24. The van der Waals surface area contributed by atoms with E-state index >= 15 is 0 Å². The van der Waals surface area contributed by atoms with Crippen LogP contribution in [0.5, 0.6) is 0 Å². The summed E-state index contributed by atoms with van der Waals surface area (Å²) >= 11 is 2.68. The Bertz CT molecular complexity index is 1970. The Morgan fingerprint density at radius 3 is 2.88 bits per heavy atom. The lowest BCUT2D eigenvalue weighted by Gasteiger charge is -2.27. The molecule has 4 aromatic heterocycles. The maximum atomic E-state index is 13.1. The number of hydrogen-bond donors (Lipinski definition) is 2. The van der Waals surface area contributed by atoms with E-state index in [0.717, 1.165) is 26.2 Å². The number of amides is 1. The summed E-state index contributed by atoms with van der Waals surface area (Å²) in [4.78, 5) is 23.8. The summed E-state index contributed by atoms with van der Waals surface area (Å²) in [6.45, 7) is 2.74. The van der Waals surface area contributed by atoms with Crippen LogP contribution in [0.4, 0.5) is 16.3 Å². The molecule has 0 saturated carbocycles. The Hall–Kier alpha value is -4.00. The number of nitrogens with one attached hydrogen (secondary N) is 2. The third-order valence-corrected chi connectivity index (χ3v) is 11.3. The number of fused-ring (bicyclic) bond motifs is 2. The third-order valence-electron chi connectivity index (χ3n) is 7.23. The first-order chi connectivity index (χ1) is 20.9. The molecule has 0 unspecified atom stereocenters. The van der Waals surface area contributed by atoms with E-state index in [1.54, 1.807) is 40.7 Å². The maximum Gasteiger partial charge on any atom is 0.410 e. The van der Waals surface area contributed by atoms with E-state index in [0.29, 0.717) is 54.8 Å². The molecule has 1 aromatic carbocycles. The van der Waals surface area contributed by atoms with Crippen LogP contribution < -0.4 is 10.6 Å². The first-order valence-corrected chi connectivity index (χ1v) is 16.8. The van der Waals surface area contributed by atoms with E-state index in [1.807, 2.05) is 18.2 Å². The standard InChI is InChI=1S/C29H26N6O5S3/c36-29(34-9-11-39-12-10-34)40-22-15-20(30-17-22)3-5-23-16-24-27(42-23)28(32-18-31-24)33-21-4-6-25-19(14-21)7-8-35(25)43(37,38)26-2-1-13-41-26/h1-2,4,6-8,13-14,16,18,20,22,30H,9-12,15,17H2,(H,31,32,33)/t20-,22-/m1/s1. The molecule has 2 fully saturated rings. The van der Waals surface area contributed by atoms with Crippen LogP contribution in [0.3, 0.4) is 0 Å². The molecule has 0 bridgehead atoms. The molecule has 2 N–H and O–H groups in total. The molecule has 220 valence electrons. The number of benzene rings is 1. The van der Waals surface area contributed by atoms with Crippen molar-refractivity contribution in [3.05, 3.63) is 65.2 Å². The SMILES string of the molecule is O=C(O[C@H]1CN[C@H](C#Cc2cc3ncnc(Nc4ccc5c(ccn5S(=O)(=O)c5cccs5)c4)c3s2)C1)N1CCOCC1. The lowest BCUT2D eigenvalue weighted by atomic mass is 10.2. The quantitative estimate of drug-likeness (QED) is 0.273. The molecule has 2 saturated heterocycles. The zero-order valence-corrected chi connectivity index (χ0v) is 25.2. The van der Waals surface area contributed by atoms with E-state index in [-0.39, 0.29) is 18.2 Å². The minimum atomic E-state index is -3.65. The van der Waals surface area contributed by atoms with Gasteiger partial charge >= 0.3 is 6.09 Å². The number of nitrogens with zero attached hydrogens (tertiary/aromatic N) is 4. The van der Waals surface area contributed by atoms with Crippen molar-refractivity contribution in [1.82, 2.24) is 24.2 Å². The van der Waals surface area contributed by atoms with Crippen molar-refractivity contribution < 1.29 is 22.7 Å². The highest BCUT2D eigenvalue weighted by Crippen LogP contribution is 2.32. The van der Waals surface area contributed by atoms with Gasteiger partial charge in [0.05, 0.1) is 39.9 Å². The smallest absolute Gasteiger partial charge is 0.410 e. The number of hydrogen-bond acceptors (Lipinski definition) is 11. The van der Waals surface area contributed by atoms with Crippen molar-refractivity contribution in [3.63, 3.8) is 0 Å². The van der Waals surface area contributed by atoms with E-state index in [1.165, 1.54) is 33.0 Å². The van der Waals surface area contributed by atoms with Crippen molar-refractivity contribution >= 4 is 71.4 Å². The second kappa shape index (κ2) is 11.6. The fraction of sp³-hybridized carbons (Fsp3) is 0.276. The first-order valence-electron chi connectivity index (χ1n) is 13.6. The van der Waals surface area contributed by atoms with Crippen LogP contribution in [0.1, 0.15) is 11.3 Å². The van der Waals surface area contributed by atoms with Crippen molar-refractivity contribution in [2.45, 2.75) is 22.8 Å². The van der Waals surface area contributed by atoms with E-state index in [9.17, 15) is 13.2 Å². The molecule has 5 aromatic rings. The number of morpholine rings is 1. The van der Waals surface area contributed by atoms with Gasteiger partial charge in [-0.05, 0) is 41.8 Å². The molecule has 2 aliphatic heterocycles. The van der Waals surface area contributed by atoms with Gasteiger partial charge in [-0.1, -0.05) is 17.9 Å². The van der Waals surface area contributed by atoms with Crippen LogP contribution in [0.15, 0.2) is 64.6 Å². The average Bonchev–Trinajstić information content (AvgIpc) is 3.83. The number of ether oxygens (including phenoxy) is 2. The van der Waals surface area contributed by atoms with Crippen molar-refractivity contribution in [3.8, 4) is 11.8 Å². The Morgan fingerprint density at radius 1 is 1.16 bits per heavy atom. The highest BCUT2D eigenvalue weighted by atomic mass is 32.2. The third kappa shape index (κ3) is 5.69. The Morgan fingerprint density at radius 2 is 2.05 bits per heavy atom. The fourth-order valence-corrected chi connectivity index (χ4v) is 8.43. The number of thiophene rings is 2. The van der Waals surface area contributed by atoms with Crippen molar-refractivity contribution in [2.24, 2.45) is 0 Å². The molecular weight excluding hydrogens is 609 g/mol. The monoisotopic (exact) mass is 634 g/mol. The predicted molar refractivity (Wildman–Crippen MR) is 165 cm³/mol. The van der Waals surface area contributed by atoms with Gasteiger partial charge in [-0.15, -0.1) is 22.7 Å². The number of carbonyl (C=O) groups is 1. The van der Waals surface area contributed by atoms with E-state index < -0.39 is 10.0 Å². The molecule has 2 aliphatic rings. The normalized spacial score (nSPS) is 18.9. The molecule has 11 nitrogen and oxygen atoms in total. The summed E-state index contributed by atoms with van der Waals surface area (Å²) in [6, 6.07) is 12.5. The lowest BCUT2D eigenvalue weighted by molar-refractivity contribution is 0.0156. The highest BCUT2D eigenvalue weighted by Gasteiger charge is 2.28. The first kappa shape index (κ1) is 27.8. The summed E-state index contributed by atoms with van der Waals surface area (Å²) < 4.78 is 39.5. The van der Waals surface area contributed by atoms with Gasteiger partial charge in [-0.3, -0.25) is 5.32 Å². The molecule has 2 atom stereocenters. The summed E-state index contributed by atoms with van der Waals surface area (Å²) in [6.07, 6.45) is 3.19. The Labute approximate surface area is 255 Å². The molecule has 6 heterocycles. The second-order valence-electron chi connectivity index (χ2n) is 10.1. The molecule has 7 rings (SSSR count). The molecule has 0 radical (unpaired) electrons. The molecule has 43 heavy (non-hydrogen) atoms. The topological polar surface area (TPSA) is 128 Å². The van der Waals surface area contributed by atoms with Gasteiger partial charge in [0.1, 0.15) is 16.6 Å². The molecule has 0 spiro atoms. The van der Waals surface area contributed by atoms with Gasteiger partial charge in [-0.2, -0.15) is 8.42 Å². The largest absolute Gasteiger partial charge is 0.445 e.